The summed E-state index contributed by atoms with van der Waals surface area (Å²) in [6, 6.07) is 17.2. The van der Waals surface area contributed by atoms with E-state index in [2.05, 4.69) is 66.8 Å². The molecule has 0 fully saturated rings. The number of hydrogen-bond acceptors (Lipinski definition) is 1. The van der Waals surface area contributed by atoms with Crippen LogP contribution in [-0.4, -0.2) is 0 Å². The van der Waals surface area contributed by atoms with Gasteiger partial charge in [0.1, 0.15) is 0 Å². The first kappa shape index (κ1) is 13.1. The Balaban J connectivity index is 1.90. The van der Waals surface area contributed by atoms with Gasteiger partial charge in [-0.2, -0.15) is 0 Å². The van der Waals surface area contributed by atoms with E-state index in [0.29, 0.717) is 0 Å². The van der Waals surface area contributed by atoms with Gasteiger partial charge in [-0.15, -0.1) is 0 Å². The molecule has 2 N–H and O–H groups in total. The van der Waals surface area contributed by atoms with Crippen molar-refractivity contribution in [2.45, 2.75) is 19.3 Å². The highest BCUT2D eigenvalue weighted by Crippen LogP contribution is 2.31. The predicted molar refractivity (Wildman–Crippen MR) is 96.8 cm³/mol. The predicted octanol–water partition coefficient (Wildman–Crippen LogP) is 5.70. The Labute approximate surface area is 130 Å². The van der Waals surface area contributed by atoms with Gasteiger partial charge >= 0.3 is 0 Å². The van der Waals surface area contributed by atoms with Crippen LogP contribution in [0.4, 0.5) is 5.69 Å². The van der Waals surface area contributed by atoms with Crippen molar-refractivity contribution in [3.63, 3.8) is 0 Å². The standard InChI is InChI=1S/C21H19N/c22-21-19(12-15-6-2-1-3-7-15)11-10-18-13-16-8-4-5-9-17(16)14-20(18)21/h2,4-6,8-14H,1,3,7,22H2/b15-12+. The van der Waals surface area contributed by atoms with Gasteiger partial charge in [-0.05, 0) is 64.8 Å². The van der Waals surface area contributed by atoms with Gasteiger partial charge in [0.2, 0.25) is 0 Å². The molecule has 0 saturated heterocycles. The fraction of sp³-hybridized carbons (Fsp3) is 0.143. The molecule has 0 amide bonds. The van der Waals surface area contributed by atoms with E-state index in [0.717, 1.165) is 23.1 Å². The quantitative estimate of drug-likeness (QED) is 0.450. The first-order chi connectivity index (χ1) is 10.8. The summed E-state index contributed by atoms with van der Waals surface area (Å²) in [5.41, 5.74) is 9.84. The van der Waals surface area contributed by atoms with Crippen molar-refractivity contribution in [2.75, 3.05) is 5.73 Å². The molecule has 0 aliphatic heterocycles. The molecule has 3 aromatic carbocycles. The molecule has 0 bridgehead atoms. The number of rotatable bonds is 1. The molecule has 4 rings (SSSR count). The van der Waals surface area contributed by atoms with Gasteiger partial charge in [-0.3, -0.25) is 0 Å². The molecule has 0 unspecified atom stereocenters. The van der Waals surface area contributed by atoms with E-state index in [1.54, 1.807) is 0 Å². The summed E-state index contributed by atoms with van der Waals surface area (Å²) in [6.45, 7) is 0. The minimum absolute atomic E-state index is 0.884. The minimum Gasteiger partial charge on any atom is -0.398 e. The second-order valence-corrected chi connectivity index (χ2v) is 6.00. The SMILES string of the molecule is Nc1c(/C=C2\C=CCCC2)ccc2cc3ccccc3cc12. The molecule has 0 spiro atoms. The number of nitrogens with two attached hydrogens (primary N) is 1. The summed E-state index contributed by atoms with van der Waals surface area (Å²) < 4.78 is 0. The summed E-state index contributed by atoms with van der Waals surface area (Å²) in [4.78, 5) is 0. The fourth-order valence-corrected chi connectivity index (χ4v) is 3.24. The molecule has 1 heteroatoms. The molecule has 0 atom stereocenters. The van der Waals surface area contributed by atoms with Crippen LogP contribution in [0.25, 0.3) is 27.6 Å². The zero-order valence-corrected chi connectivity index (χ0v) is 12.5. The zero-order valence-electron chi connectivity index (χ0n) is 12.5. The molecule has 0 heterocycles. The van der Waals surface area contributed by atoms with E-state index in [9.17, 15) is 0 Å². The van der Waals surface area contributed by atoms with E-state index in [4.69, 9.17) is 5.73 Å². The average molecular weight is 285 g/mol. The topological polar surface area (TPSA) is 26.0 Å². The highest BCUT2D eigenvalue weighted by atomic mass is 14.6. The number of benzene rings is 3. The first-order valence-electron chi connectivity index (χ1n) is 7.89. The van der Waals surface area contributed by atoms with E-state index in [-0.39, 0.29) is 0 Å². The molecule has 1 aliphatic carbocycles. The van der Waals surface area contributed by atoms with Crippen LogP contribution in [0.15, 0.2) is 66.3 Å². The third-order valence-electron chi connectivity index (χ3n) is 4.47. The monoisotopic (exact) mass is 285 g/mol. The number of nitrogen functional groups attached to an aromatic ring is 1. The first-order valence-corrected chi connectivity index (χ1v) is 7.89. The molecule has 0 radical (unpaired) electrons. The van der Waals surface area contributed by atoms with Crippen LogP contribution in [0, 0.1) is 0 Å². The number of hydrogen-bond donors (Lipinski definition) is 1. The molecular formula is C21H19N. The lowest BCUT2D eigenvalue weighted by Crippen LogP contribution is -1.93. The summed E-state index contributed by atoms with van der Waals surface area (Å²) in [5, 5.41) is 4.85. The second-order valence-electron chi connectivity index (χ2n) is 6.00. The molecule has 22 heavy (non-hydrogen) atoms. The van der Waals surface area contributed by atoms with Gasteiger partial charge < -0.3 is 5.73 Å². The average Bonchev–Trinajstić information content (AvgIpc) is 2.57. The van der Waals surface area contributed by atoms with Gasteiger partial charge in [0.25, 0.3) is 0 Å². The van der Waals surface area contributed by atoms with Gasteiger partial charge in [0, 0.05) is 11.1 Å². The minimum atomic E-state index is 0.884. The van der Waals surface area contributed by atoms with Gasteiger partial charge in [-0.25, -0.2) is 0 Å². The van der Waals surface area contributed by atoms with Gasteiger partial charge in [0.05, 0.1) is 0 Å². The third kappa shape index (κ3) is 2.29. The van der Waals surface area contributed by atoms with Crippen molar-refractivity contribution < 1.29 is 0 Å². The lowest BCUT2D eigenvalue weighted by Gasteiger charge is -2.11. The van der Waals surface area contributed by atoms with E-state index in [1.165, 1.54) is 34.6 Å². The van der Waals surface area contributed by atoms with Crippen molar-refractivity contribution in [2.24, 2.45) is 0 Å². The van der Waals surface area contributed by atoms with Crippen LogP contribution in [0.5, 0.6) is 0 Å². The Morgan fingerprint density at radius 3 is 2.50 bits per heavy atom. The highest BCUT2D eigenvalue weighted by molar-refractivity contribution is 6.05. The molecular weight excluding hydrogens is 266 g/mol. The normalized spacial score (nSPS) is 16.6. The smallest absolute Gasteiger partial charge is 0.0467 e. The number of fused-ring (bicyclic) bond motifs is 2. The maximum absolute atomic E-state index is 6.46. The second kappa shape index (κ2) is 5.34. The van der Waals surface area contributed by atoms with Crippen LogP contribution in [-0.2, 0) is 0 Å². The lowest BCUT2D eigenvalue weighted by atomic mass is 9.96. The van der Waals surface area contributed by atoms with Gasteiger partial charge in [-0.1, -0.05) is 48.6 Å². The van der Waals surface area contributed by atoms with Crippen molar-refractivity contribution >= 4 is 33.3 Å². The summed E-state index contributed by atoms with van der Waals surface area (Å²) in [6.07, 6.45) is 10.3. The summed E-state index contributed by atoms with van der Waals surface area (Å²) in [5.74, 6) is 0. The molecule has 0 aromatic heterocycles. The lowest BCUT2D eigenvalue weighted by molar-refractivity contribution is 0.825. The van der Waals surface area contributed by atoms with Gasteiger partial charge in [0.15, 0.2) is 0 Å². The Morgan fingerprint density at radius 2 is 1.73 bits per heavy atom. The summed E-state index contributed by atoms with van der Waals surface area (Å²) in [7, 11) is 0. The van der Waals surface area contributed by atoms with Crippen molar-refractivity contribution in [3.8, 4) is 0 Å². The molecule has 0 saturated carbocycles. The molecule has 3 aromatic rings. The zero-order chi connectivity index (χ0) is 14.9. The van der Waals surface area contributed by atoms with Crippen molar-refractivity contribution in [1.29, 1.82) is 0 Å². The van der Waals surface area contributed by atoms with Crippen LogP contribution in [0.1, 0.15) is 24.8 Å². The van der Waals surface area contributed by atoms with Crippen LogP contribution in [0.3, 0.4) is 0 Å². The van der Waals surface area contributed by atoms with E-state index >= 15 is 0 Å². The Kier molecular flexibility index (Phi) is 3.19. The van der Waals surface area contributed by atoms with Crippen LogP contribution >= 0.6 is 0 Å². The number of anilines is 1. The summed E-state index contributed by atoms with van der Waals surface area (Å²) >= 11 is 0. The third-order valence-corrected chi connectivity index (χ3v) is 4.47. The molecule has 1 aliphatic rings. The largest absolute Gasteiger partial charge is 0.398 e. The molecule has 1 nitrogen and oxygen atoms in total. The van der Waals surface area contributed by atoms with Crippen LogP contribution < -0.4 is 5.73 Å². The fourth-order valence-electron chi connectivity index (χ4n) is 3.24. The van der Waals surface area contributed by atoms with Crippen molar-refractivity contribution in [3.05, 3.63) is 71.8 Å². The maximum Gasteiger partial charge on any atom is 0.0467 e. The van der Waals surface area contributed by atoms with E-state index < -0.39 is 0 Å². The Bertz CT molecular complexity index is 916. The highest BCUT2D eigenvalue weighted by Gasteiger charge is 2.06. The Hall–Kier alpha value is -2.54. The van der Waals surface area contributed by atoms with Crippen LogP contribution in [0.2, 0.25) is 0 Å². The maximum atomic E-state index is 6.46. The van der Waals surface area contributed by atoms with E-state index in [1.807, 2.05) is 0 Å². The molecule has 108 valence electrons. The Morgan fingerprint density at radius 1 is 0.909 bits per heavy atom. The number of allylic oxidation sites excluding steroid dienone is 3. The van der Waals surface area contributed by atoms with Crippen molar-refractivity contribution in [1.82, 2.24) is 0 Å².